The minimum Gasteiger partial charge on any atom is -0.301 e. The smallest absolute Gasteiger partial charge is 0.257 e. The number of nitrogens with zero attached hydrogens (tertiary/aromatic N) is 3. The van der Waals surface area contributed by atoms with Crippen LogP contribution >= 0.6 is 50.4 Å². The molecule has 26 heavy (non-hydrogen) atoms. The van der Waals surface area contributed by atoms with E-state index in [9.17, 15) is 9.59 Å². The third kappa shape index (κ3) is 5.34. The molecule has 0 aliphatic carbocycles. The summed E-state index contributed by atoms with van der Waals surface area (Å²) < 4.78 is 1.50. The van der Waals surface area contributed by atoms with Crippen molar-refractivity contribution in [2.45, 2.75) is 11.3 Å². The van der Waals surface area contributed by atoms with Gasteiger partial charge in [0.2, 0.25) is 11.0 Å². The Balaban J connectivity index is 1.50. The van der Waals surface area contributed by atoms with E-state index in [1.807, 2.05) is 12.3 Å². The highest BCUT2D eigenvalue weighted by Crippen LogP contribution is 2.26. The summed E-state index contributed by atoms with van der Waals surface area (Å²) in [5.41, 5.74) is 1.39. The Morgan fingerprint density at radius 2 is 1.92 bits per heavy atom. The van der Waals surface area contributed by atoms with Crippen molar-refractivity contribution >= 4 is 72.4 Å². The van der Waals surface area contributed by atoms with E-state index < -0.39 is 0 Å². The van der Waals surface area contributed by atoms with Crippen molar-refractivity contribution in [2.75, 3.05) is 16.4 Å². The number of carbonyl (C=O) groups excluding carboxylic acids is 2. The maximum atomic E-state index is 12.1. The third-order valence-corrected chi connectivity index (χ3v) is 6.30. The normalized spacial score (nSPS) is 10.5. The lowest BCUT2D eigenvalue weighted by molar-refractivity contribution is -0.113. The molecule has 0 saturated heterocycles. The van der Waals surface area contributed by atoms with Gasteiger partial charge in [0, 0.05) is 15.4 Å². The quantitative estimate of drug-likeness (QED) is 0.417. The monoisotopic (exact) mass is 469 g/mol. The predicted molar refractivity (Wildman–Crippen MR) is 108 cm³/mol. The zero-order valence-corrected chi connectivity index (χ0v) is 17.4. The van der Waals surface area contributed by atoms with Gasteiger partial charge in [0.15, 0.2) is 9.47 Å². The lowest BCUT2D eigenvalue weighted by Gasteiger charge is -2.01. The molecule has 2 amide bonds. The first-order valence-corrected chi connectivity index (χ1v) is 10.7. The van der Waals surface area contributed by atoms with E-state index >= 15 is 0 Å². The number of hydrogen-bond acceptors (Lipinski definition) is 8. The number of aromatic nitrogens is 3. The number of aryl methyl sites for hydroxylation is 1. The number of rotatable bonds is 6. The van der Waals surface area contributed by atoms with E-state index in [0.29, 0.717) is 20.2 Å². The fourth-order valence-corrected chi connectivity index (χ4v) is 4.30. The molecule has 0 unspecified atom stereocenters. The fourth-order valence-electron chi connectivity index (χ4n) is 1.78. The number of carbonyl (C=O) groups is 2. The van der Waals surface area contributed by atoms with Gasteiger partial charge in [-0.1, -0.05) is 39.0 Å². The second-order valence-electron chi connectivity index (χ2n) is 4.97. The standard InChI is InChI=1S/C15H12BrN5O2S3/c1-8-6-24-13(17-8)18-11(22)7-25-15-21-20-14(26-15)19-12(23)9-2-4-10(16)5-3-9/h2-6H,7H2,1H3,(H,17,18,22)(H,19,20,23). The molecule has 2 aromatic heterocycles. The largest absolute Gasteiger partial charge is 0.301 e. The van der Waals surface area contributed by atoms with Gasteiger partial charge in [-0.2, -0.15) is 0 Å². The zero-order valence-electron chi connectivity index (χ0n) is 13.4. The average Bonchev–Trinajstić information content (AvgIpc) is 3.22. The van der Waals surface area contributed by atoms with Gasteiger partial charge in [0.25, 0.3) is 5.91 Å². The van der Waals surface area contributed by atoms with Crippen molar-refractivity contribution < 1.29 is 9.59 Å². The summed E-state index contributed by atoms with van der Waals surface area (Å²) in [4.78, 5) is 28.2. The summed E-state index contributed by atoms with van der Waals surface area (Å²) in [6, 6.07) is 7.00. The van der Waals surface area contributed by atoms with Gasteiger partial charge in [-0.15, -0.1) is 21.5 Å². The molecule has 3 rings (SSSR count). The van der Waals surface area contributed by atoms with Crippen LogP contribution in [-0.2, 0) is 4.79 Å². The number of benzene rings is 1. The number of thiazole rings is 1. The molecule has 0 radical (unpaired) electrons. The summed E-state index contributed by atoms with van der Waals surface area (Å²) in [5, 5.41) is 16.2. The molecule has 1 aromatic carbocycles. The first-order valence-electron chi connectivity index (χ1n) is 7.25. The van der Waals surface area contributed by atoms with Crippen molar-refractivity contribution in [3.63, 3.8) is 0 Å². The van der Waals surface area contributed by atoms with Gasteiger partial charge in [-0.25, -0.2) is 4.98 Å². The molecule has 0 spiro atoms. The van der Waals surface area contributed by atoms with Crippen LogP contribution in [0.4, 0.5) is 10.3 Å². The van der Waals surface area contributed by atoms with Crippen molar-refractivity contribution in [1.29, 1.82) is 0 Å². The van der Waals surface area contributed by atoms with Crippen molar-refractivity contribution in [3.8, 4) is 0 Å². The van der Waals surface area contributed by atoms with Crippen molar-refractivity contribution in [2.24, 2.45) is 0 Å². The molecule has 0 atom stereocenters. The zero-order chi connectivity index (χ0) is 18.5. The van der Waals surface area contributed by atoms with Crippen LogP contribution in [0.15, 0.2) is 38.5 Å². The number of nitrogens with one attached hydrogen (secondary N) is 2. The minimum atomic E-state index is -0.262. The first kappa shape index (κ1) is 19.0. The highest BCUT2D eigenvalue weighted by Gasteiger charge is 2.12. The molecule has 2 heterocycles. The predicted octanol–water partition coefficient (Wildman–Crippen LogP) is 4.05. The van der Waals surface area contributed by atoms with Crippen LogP contribution in [0.3, 0.4) is 0 Å². The average molecular weight is 470 g/mol. The molecule has 0 fully saturated rings. The summed E-state index contributed by atoms with van der Waals surface area (Å²) in [6.45, 7) is 1.87. The highest BCUT2D eigenvalue weighted by atomic mass is 79.9. The second kappa shape index (κ2) is 8.71. The minimum absolute atomic E-state index is 0.167. The van der Waals surface area contributed by atoms with E-state index in [0.717, 1.165) is 10.2 Å². The van der Waals surface area contributed by atoms with Crippen LogP contribution in [0.5, 0.6) is 0 Å². The highest BCUT2D eigenvalue weighted by molar-refractivity contribution is 9.10. The lowest BCUT2D eigenvalue weighted by atomic mass is 10.2. The maximum absolute atomic E-state index is 12.1. The van der Waals surface area contributed by atoms with Crippen LogP contribution in [-0.4, -0.2) is 32.7 Å². The molecule has 11 heteroatoms. The number of amides is 2. The van der Waals surface area contributed by atoms with Crippen molar-refractivity contribution in [3.05, 3.63) is 45.4 Å². The lowest BCUT2D eigenvalue weighted by Crippen LogP contribution is -2.13. The van der Waals surface area contributed by atoms with Gasteiger partial charge in [-0.05, 0) is 31.2 Å². The van der Waals surface area contributed by atoms with E-state index in [4.69, 9.17) is 0 Å². The number of hydrogen-bond donors (Lipinski definition) is 2. The fraction of sp³-hybridized carbons (Fsp3) is 0.133. The Labute approximate surface area is 169 Å². The van der Waals surface area contributed by atoms with E-state index in [2.05, 4.69) is 41.7 Å². The summed E-state index contributed by atoms with van der Waals surface area (Å²) in [7, 11) is 0. The molecular formula is C15H12BrN5O2S3. The van der Waals surface area contributed by atoms with Crippen molar-refractivity contribution in [1.82, 2.24) is 15.2 Å². The summed E-state index contributed by atoms with van der Waals surface area (Å²) in [5.74, 6) is -0.240. The maximum Gasteiger partial charge on any atom is 0.257 e. The second-order valence-corrected chi connectivity index (χ2v) is 8.94. The van der Waals surface area contributed by atoms with Crippen LogP contribution in [0.25, 0.3) is 0 Å². The SMILES string of the molecule is Cc1csc(NC(=O)CSc2nnc(NC(=O)c3ccc(Br)cc3)s2)n1. The number of halogens is 1. The molecule has 0 aliphatic heterocycles. The van der Waals surface area contributed by atoms with Crippen LogP contribution in [0.2, 0.25) is 0 Å². The van der Waals surface area contributed by atoms with Gasteiger partial charge >= 0.3 is 0 Å². The number of anilines is 2. The molecule has 0 saturated carbocycles. The van der Waals surface area contributed by atoms with Gasteiger partial charge in [-0.3, -0.25) is 14.9 Å². The van der Waals surface area contributed by atoms with Gasteiger partial charge < -0.3 is 5.32 Å². The Morgan fingerprint density at radius 1 is 1.15 bits per heavy atom. The molecule has 3 aromatic rings. The summed E-state index contributed by atoms with van der Waals surface area (Å²) in [6.07, 6.45) is 0. The van der Waals surface area contributed by atoms with Crippen LogP contribution < -0.4 is 10.6 Å². The van der Waals surface area contributed by atoms with Crippen LogP contribution in [0.1, 0.15) is 16.1 Å². The Morgan fingerprint density at radius 3 is 2.62 bits per heavy atom. The molecule has 134 valence electrons. The van der Waals surface area contributed by atoms with E-state index in [-0.39, 0.29) is 17.6 Å². The first-order chi connectivity index (χ1) is 12.5. The molecule has 0 aliphatic rings. The topological polar surface area (TPSA) is 96.9 Å². The molecule has 0 bridgehead atoms. The van der Waals surface area contributed by atoms with E-state index in [1.165, 1.54) is 34.4 Å². The summed E-state index contributed by atoms with van der Waals surface area (Å²) >= 11 is 7.18. The number of thioether (sulfide) groups is 1. The molecule has 7 nitrogen and oxygen atoms in total. The molecule has 2 N–H and O–H groups in total. The van der Waals surface area contributed by atoms with E-state index in [1.54, 1.807) is 24.3 Å². The Bertz CT molecular complexity index is 926. The van der Waals surface area contributed by atoms with Gasteiger partial charge in [0.05, 0.1) is 11.4 Å². The molecular weight excluding hydrogens is 458 g/mol. The third-order valence-electron chi connectivity index (χ3n) is 2.93. The Kier molecular flexibility index (Phi) is 6.35. The Hall–Kier alpha value is -1.82. The van der Waals surface area contributed by atoms with Crippen LogP contribution in [0, 0.1) is 6.92 Å². The van der Waals surface area contributed by atoms with Gasteiger partial charge in [0.1, 0.15) is 0 Å².